The summed E-state index contributed by atoms with van der Waals surface area (Å²) < 4.78 is 11.0. The Bertz CT molecular complexity index is 644. The van der Waals surface area contributed by atoms with Gasteiger partial charge in [-0.1, -0.05) is 19.4 Å². The third-order valence-corrected chi connectivity index (χ3v) is 2.91. The van der Waals surface area contributed by atoms with Gasteiger partial charge in [-0.05, 0) is 24.1 Å². The smallest absolute Gasteiger partial charge is 0.255 e. The summed E-state index contributed by atoms with van der Waals surface area (Å²) in [5, 5.41) is 0. The van der Waals surface area contributed by atoms with Crippen LogP contribution in [0.5, 0.6) is 17.4 Å². The minimum Gasteiger partial charge on any atom is -0.493 e. The SMILES string of the molecule is CCCc1ccc(Oc2ncncc2C(N)=O)c(OC)c1. The van der Waals surface area contributed by atoms with Gasteiger partial charge in [0.2, 0.25) is 5.88 Å². The van der Waals surface area contributed by atoms with Gasteiger partial charge >= 0.3 is 0 Å². The average molecular weight is 287 g/mol. The Labute approximate surface area is 122 Å². The molecule has 6 heteroatoms. The van der Waals surface area contributed by atoms with Crippen LogP contribution in [0.25, 0.3) is 0 Å². The van der Waals surface area contributed by atoms with E-state index in [9.17, 15) is 4.79 Å². The van der Waals surface area contributed by atoms with E-state index in [4.69, 9.17) is 15.2 Å². The average Bonchev–Trinajstić information content (AvgIpc) is 2.49. The highest BCUT2D eigenvalue weighted by Gasteiger charge is 2.14. The lowest BCUT2D eigenvalue weighted by Crippen LogP contribution is -2.13. The molecule has 110 valence electrons. The molecule has 0 unspecified atom stereocenters. The van der Waals surface area contributed by atoms with Crippen LogP contribution in [-0.4, -0.2) is 23.0 Å². The summed E-state index contributed by atoms with van der Waals surface area (Å²) in [6.07, 6.45) is 4.61. The van der Waals surface area contributed by atoms with Crippen LogP contribution in [0.4, 0.5) is 0 Å². The van der Waals surface area contributed by atoms with Crippen LogP contribution in [0, 0.1) is 0 Å². The molecule has 21 heavy (non-hydrogen) atoms. The predicted octanol–water partition coefficient (Wildman–Crippen LogP) is 2.33. The van der Waals surface area contributed by atoms with Gasteiger partial charge in [-0.25, -0.2) is 9.97 Å². The lowest BCUT2D eigenvalue weighted by molar-refractivity contribution is 0.0997. The number of nitrogens with zero attached hydrogens (tertiary/aromatic N) is 2. The second-order valence-corrected chi connectivity index (χ2v) is 4.44. The first kappa shape index (κ1) is 14.8. The second-order valence-electron chi connectivity index (χ2n) is 4.44. The zero-order chi connectivity index (χ0) is 15.2. The van der Waals surface area contributed by atoms with E-state index in [-0.39, 0.29) is 11.4 Å². The number of carbonyl (C=O) groups is 1. The Morgan fingerprint density at radius 2 is 2.14 bits per heavy atom. The summed E-state index contributed by atoms with van der Waals surface area (Å²) >= 11 is 0. The number of amides is 1. The largest absolute Gasteiger partial charge is 0.493 e. The summed E-state index contributed by atoms with van der Waals surface area (Å²) in [6.45, 7) is 2.11. The minimum absolute atomic E-state index is 0.110. The molecule has 0 fully saturated rings. The molecule has 1 heterocycles. The Balaban J connectivity index is 2.33. The number of aromatic nitrogens is 2. The number of rotatable bonds is 6. The maximum absolute atomic E-state index is 11.3. The number of primary amides is 1. The Hall–Kier alpha value is -2.63. The third kappa shape index (κ3) is 3.47. The molecule has 0 bridgehead atoms. The van der Waals surface area contributed by atoms with Crippen LogP contribution < -0.4 is 15.2 Å². The molecule has 0 radical (unpaired) electrons. The standard InChI is InChI=1S/C15H17N3O3/c1-3-4-10-5-6-12(13(7-10)20-2)21-15-11(14(16)19)8-17-9-18-15/h5-9H,3-4H2,1-2H3,(H2,16,19). The summed E-state index contributed by atoms with van der Waals surface area (Å²) in [5.74, 6) is 0.514. The van der Waals surface area contributed by atoms with E-state index in [1.807, 2.05) is 12.1 Å². The van der Waals surface area contributed by atoms with E-state index in [2.05, 4.69) is 16.9 Å². The summed E-state index contributed by atoms with van der Waals surface area (Å²) in [6, 6.07) is 5.65. The molecular weight excluding hydrogens is 270 g/mol. The van der Waals surface area contributed by atoms with Crippen molar-refractivity contribution in [3.05, 3.63) is 41.9 Å². The van der Waals surface area contributed by atoms with Crippen molar-refractivity contribution in [1.29, 1.82) is 0 Å². The second kappa shape index (κ2) is 6.69. The number of hydrogen-bond acceptors (Lipinski definition) is 5. The van der Waals surface area contributed by atoms with E-state index < -0.39 is 5.91 Å². The highest BCUT2D eigenvalue weighted by molar-refractivity contribution is 5.94. The lowest BCUT2D eigenvalue weighted by Gasteiger charge is -2.12. The first-order chi connectivity index (χ1) is 10.2. The van der Waals surface area contributed by atoms with Gasteiger partial charge < -0.3 is 15.2 Å². The van der Waals surface area contributed by atoms with Crippen LogP contribution >= 0.6 is 0 Å². The van der Waals surface area contributed by atoms with Crippen LogP contribution in [0.3, 0.4) is 0 Å². The first-order valence-electron chi connectivity index (χ1n) is 6.60. The van der Waals surface area contributed by atoms with E-state index in [1.54, 1.807) is 13.2 Å². The molecule has 0 saturated carbocycles. The maximum atomic E-state index is 11.3. The molecule has 0 spiro atoms. The molecule has 0 saturated heterocycles. The molecule has 1 aromatic carbocycles. The molecule has 0 aliphatic rings. The fourth-order valence-corrected chi connectivity index (χ4v) is 1.91. The van der Waals surface area contributed by atoms with Crippen LogP contribution in [0.1, 0.15) is 29.3 Å². The van der Waals surface area contributed by atoms with Crippen molar-refractivity contribution in [2.45, 2.75) is 19.8 Å². The summed E-state index contributed by atoms with van der Waals surface area (Å²) in [7, 11) is 1.56. The molecule has 2 aromatic rings. The van der Waals surface area contributed by atoms with Gasteiger partial charge in [-0.2, -0.15) is 0 Å². The number of aryl methyl sites for hydroxylation is 1. The molecule has 0 aliphatic carbocycles. The fourth-order valence-electron chi connectivity index (χ4n) is 1.91. The van der Waals surface area contributed by atoms with Crippen molar-refractivity contribution in [2.75, 3.05) is 7.11 Å². The van der Waals surface area contributed by atoms with Gasteiger partial charge in [0.1, 0.15) is 11.9 Å². The molecule has 1 aromatic heterocycles. The van der Waals surface area contributed by atoms with Crippen molar-refractivity contribution < 1.29 is 14.3 Å². The Morgan fingerprint density at radius 1 is 1.33 bits per heavy atom. The zero-order valence-electron chi connectivity index (χ0n) is 12.0. The molecule has 2 N–H and O–H groups in total. The number of benzene rings is 1. The molecule has 0 atom stereocenters. The van der Waals surface area contributed by atoms with Crippen molar-refractivity contribution in [3.8, 4) is 17.4 Å². The van der Waals surface area contributed by atoms with Gasteiger partial charge in [-0.3, -0.25) is 4.79 Å². The van der Waals surface area contributed by atoms with E-state index in [0.29, 0.717) is 11.5 Å². The number of ether oxygens (including phenoxy) is 2. The van der Waals surface area contributed by atoms with Crippen LogP contribution in [-0.2, 0) is 6.42 Å². The normalized spacial score (nSPS) is 10.2. The van der Waals surface area contributed by atoms with E-state index in [0.717, 1.165) is 18.4 Å². The third-order valence-electron chi connectivity index (χ3n) is 2.91. The minimum atomic E-state index is -0.646. The van der Waals surface area contributed by atoms with Crippen molar-refractivity contribution >= 4 is 5.91 Å². The number of nitrogens with two attached hydrogens (primary N) is 1. The van der Waals surface area contributed by atoms with Gasteiger partial charge in [0.25, 0.3) is 5.91 Å². The summed E-state index contributed by atoms with van der Waals surface area (Å²) in [5.41, 5.74) is 6.55. The Morgan fingerprint density at radius 3 is 2.81 bits per heavy atom. The predicted molar refractivity (Wildman–Crippen MR) is 77.6 cm³/mol. The highest BCUT2D eigenvalue weighted by Crippen LogP contribution is 2.32. The van der Waals surface area contributed by atoms with Crippen LogP contribution in [0.2, 0.25) is 0 Å². The van der Waals surface area contributed by atoms with Gasteiger partial charge in [0.05, 0.1) is 7.11 Å². The van der Waals surface area contributed by atoms with Crippen molar-refractivity contribution in [3.63, 3.8) is 0 Å². The Kier molecular flexibility index (Phi) is 4.71. The topological polar surface area (TPSA) is 87.3 Å². The van der Waals surface area contributed by atoms with Gasteiger partial charge in [-0.15, -0.1) is 0 Å². The number of carbonyl (C=O) groups excluding carboxylic acids is 1. The molecule has 2 rings (SSSR count). The lowest BCUT2D eigenvalue weighted by atomic mass is 10.1. The first-order valence-corrected chi connectivity index (χ1v) is 6.60. The van der Waals surface area contributed by atoms with E-state index >= 15 is 0 Å². The van der Waals surface area contributed by atoms with Gasteiger partial charge in [0, 0.05) is 6.20 Å². The zero-order valence-corrected chi connectivity index (χ0v) is 12.0. The number of hydrogen-bond donors (Lipinski definition) is 1. The monoisotopic (exact) mass is 287 g/mol. The highest BCUT2D eigenvalue weighted by atomic mass is 16.5. The summed E-state index contributed by atoms with van der Waals surface area (Å²) in [4.78, 5) is 19.0. The molecule has 0 aliphatic heterocycles. The van der Waals surface area contributed by atoms with Crippen molar-refractivity contribution in [2.24, 2.45) is 5.73 Å². The quantitative estimate of drug-likeness (QED) is 0.881. The van der Waals surface area contributed by atoms with E-state index in [1.165, 1.54) is 12.5 Å². The molecule has 1 amide bonds. The van der Waals surface area contributed by atoms with Crippen molar-refractivity contribution in [1.82, 2.24) is 9.97 Å². The van der Waals surface area contributed by atoms with Gasteiger partial charge in [0.15, 0.2) is 11.5 Å². The maximum Gasteiger partial charge on any atom is 0.255 e. The number of methoxy groups -OCH3 is 1. The molecular formula is C15H17N3O3. The molecule has 6 nitrogen and oxygen atoms in total. The fraction of sp³-hybridized carbons (Fsp3) is 0.267. The van der Waals surface area contributed by atoms with Crippen LogP contribution in [0.15, 0.2) is 30.7 Å².